The summed E-state index contributed by atoms with van der Waals surface area (Å²) in [5.41, 5.74) is 1.23. The maximum atomic E-state index is 6.19. The molecular weight excluding hydrogens is 229 g/mol. The van der Waals surface area contributed by atoms with Gasteiger partial charge in [-0.2, -0.15) is 0 Å². The summed E-state index contributed by atoms with van der Waals surface area (Å²) < 4.78 is 0. The van der Waals surface area contributed by atoms with Gasteiger partial charge in [0.2, 0.25) is 0 Å². The third kappa shape index (κ3) is 2.30. The summed E-state index contributed by atoms with van der Waals surface area (Å²) in [7, 11) is 0. The summed E-state index contributed by atoms with van der Waals surface area (Å²) in [5, 5.41) is 4.99. The van der Waals surface area contributed by atoms with Gasteiger partial charge in [0.25, 0.3) is 0 Å². The minimum atomic E-state index is 0.565. The van der Waals surface area contributed by atoms with Crippen molar-refractivity contribution in [1.82, 2.24) is 5.32 Å². The van der Waals surface area contributed by atoms with Crippen molar-refractivity contribution in [3.63, 3.8) is 0 Å². The largest absolute Gasteiger partial charge is 0.314 e. The molecule has 0 radical (unpaired) electrons. The van der Waals surface area contributed by atoms with E-state index >= 15 is 0 Å². The van der Waals surface area contributed by atoms with Crippen LogP contribution in [0, 0.1) is 0 Å². The molecule has 1 aromatic carbocycles. The number of hydrogen-bond acceptors (Lipinski definition) is 1. The lowest BCUT2D eigenvalue weighted by atomic mass is 9.75. The fourth-order valence-corrected chi connectivity index (χ4v) is 2.73. The Bertz CT molecular complexity index is 351. The molecule has 0 bridgehead atoms. The second-order valence-electron chi connectivity index (χ2n) is 4.01. The fourth-order valence-electron chi connectivity index (χ4n) is 2.18. The number of benzene rings is 1. The molecule has 1 aromatic rings. The number of rotatable bonds is 3. The number of likely N-dealkylation sites (N-methyl/N-ethyl adjacent to an activating group) is 1. The van der Waals surface area contributed by atoms with E-state index in [9.17, 15) is 0 Å². The summed E-state index contributed by atoms with van der Waals surface area (Å²) in [6.07, 6.45) is 2.47. The van der Waals surface area contributed by atoms with E-state index in [4.69, 9.17) is 23.2 Å². The second-order valence-corrected chi connectivity index (χ2v) is 4.86. The van der Waals surface area contributed by atoms with E-state index in [1.807, 2.05) is 12.1 Å². The van der Waals surface area contributed by atoms with E-state index in [0.717, 1.165) is 11.6 Å². The molecule has 15 heavy (non-hydrogen) atoms. The topological polar surface area (TPSA) is 12.0 Å². The van der Waals surface area contributed by atoms with E-state index in [0.29, 0.717) is 17.0 Å². The molecule has 82 valence electrons. The molecule has 1 aliphatic rings. The monoisotopic (exact) mass is 243 g/mol. The summed E-state index contributed by atoms with van der Waals surface area (Å²) in [4.78, 5) is 0. The highest BCUT2D eigenvalue weighted by atomic mass is 35.5. The smallest absolute Gasteiger partial charge is 0.0456 e. The lowest BCUT2D eigenvalue weighted by Gasteiger charge is -2.38. The predicted molar refractivity (Wildman–Crippen MR) is 65.9 cm³/mol. The first-order chi connectivity index (χ1) is 7.22. The summed E-state index contributed by atoms with van der Waals surface area (Å²) in [5.74, 6) is 0.565. The molecule has 1 saturated carbocycles. The Hall–Kier alpha value is -0.240. The standard InChI is InChI=1S/C12H15Cl2N/c1-2-15-12-6-5-10(12)9-4-3-8(13)7-11(9)14/h3-4,7,10,12,15H,2,5-6H2,1H3. The molecule has 0 spiro atoms. The Morgan fingerprint density at radius 1 is 1.33 bits per heavy atom. The van der Waals surface area contributed by atoms with Gasteiger partial charge < -0.3 is 5.32 Å². The SMILES string of the molecule is CCNC1CCC1c1ccc(Cl)cc1Cl. The molecule has 0 aromatic heterocycles. The molecule has 1 fully saturated rings. The number of halogens is 2. The number of hydrogen-bond donors (Lipinski definition) is 1. The second kappa shape index (κ2) is 4.73. The predicted octanol–water partition coefficient (Wildman–Crippen LogP) is 3.85. The summed E-state index contributed by atoms with van der Waals surface area (Å²) in [6, 6.07) is 6.40. The minimum absolute atomic E-state index is 0.565. The molecule has 0 heterocycles. The van der Waals surface area contributed by atoms with Gasteiger partial charge in [0, 0.05) is 22.0 Å². The molecule has 2 atom stereocenters. The highest BCUT2D eigenvalue weighted by molar-refractivity contribution is 6.35. The lowest BCUT2D eigenvalue weighted by Crippen LogP contribution is -2.42. The Kier molecular flexibility index (Phi) is 3.55. The van der Waals surface area contributed by atoms with Crippen LogP contribution in [-0.4, -0.2) is 12.6 Å². The van der Waals surface area contributed by atoms with E-state index in [2.05, 4.69) is 18.3 Å². The average Bonchev–Trinajstić information content (AvgIpc) is 2.17. The van der Waals surface area contributed by atoms with Crippen molar-refractivity contribution in [3.8, 4) is 0 Å². The zero-order chi connectivity index (χ0) is 10.8. The third-order valence-electron chi connectivity index (χ3n) is 3.10. The Morgan fingerprint density at radius 3 is 2.67 bits per heavy atom. The van der Waals surface area contributed by atoms with Gasteiger partial charge in [0.15, 0.2) is 0 Å². The molecule has 0 amide bonds. The van der Waals surface area contributed by atoms with Crippen molar-refractivity contribution >= 4 is 23.2 Å². The Morgan fingerprint density at radius 2 is 2.13 bits per heavy atom. The highest BCUT2D eigenvalue weighted by Crippen LogP contribution is 2.40. The molecule has 0 aliphatic heterocycles. The summed E-state index contributed by atoms with van der Waals surface area (Å²) in [6.45, 7) is 3.16. The van der Waals surface area contributed by atoms with Gasteiger partial charge >= 0.3 is 0 Å². The van der Waals surface area contributed by atoms with Gasteiger partial charge in [0.1, 0.15) is 0 Å². The van der Waals surface area contributed by atoms with Crippen molar-refractivity contribution < 1.29 is 0 Å². The van der Waals surface area contributed by atoms with Crippen LogP contribution in [0.25, 0.3) is 0 Å². The Labute approximate surface area is 101 Å². The van der Waals surface area contributed by atoms with Crippen LogP contribution < -0.4 is 5.32 Å². The van der Waals surface area contributed by atoms with Crippen LogP contribution in [0.5, 0.6) is 0 Å². The van der Waals surface area contributed by atoms with Gasteiger partial charge in [-0.15, -0.1) is 0 Å². The van der Waals surface area contributed by atoms with E-state index in [1.165, 1.54) is 18.4 Å². The van der Waals surface area contributed by atoms with Crippen LogP contribution in [0.4, 0.5) is 0 Å². The van der Waals surface area contributed by atoms with Crippen molar-refractivity contribution in [1.29, 1.82) is 0 Å². The van der Waals surface area contributed by atoms with E-state index < -0.39 is 0 Å². The van der Waals surface area contributed by atoms with E-state index in [1.54, 1.807) is 0 Å². The van der Waals surface area contributed by atoms with Crippen LogP contribution in [0.3, 0.4) is 0 Å². The zero-order valence-corrected chi connectivity index (χ0v) is 10.3. The average molecular weight is 244 g/mol. The van der Waals surface area contributed by atoms with Gasteiger partial charge in [-0.25, -0.2) is 0 Å². The molecule has 1 N–H and O–H groups in total. The third-order valence-corrected chi connectivity index (χ3v) is 3.67. The van der Waals surface area contributed by atoms with Crippen molar-refractivity contribution in [2.75, 3.05) is 6.54 Å². The maximum Gasteiger partial charge on any atom is 0.0456 e. The lowest BCUT2D eigenvalue weighted by molar-refractivity contribution is 0.289. The van der Waals surface area contributed by atoms with Gasteiger partial charge in [0.05, 0.1) is 0 Å². The van der Waals surface area contributed by atoms with Crippen LogP contribution in [0.2, 0.25) is 10.0 Å². The minimum Gasteiger partial charge on any atom is -0.314 e. The molecular formula is C12H15Cl2N. The van der Waals surface area contributed by atoms with Crippen LogP contribution in [-0.2, 0) is 0 Å². The Balaban J connectivity index is 2.15. The first-order valence-electron chi connectivity index (χ1n) is 5.40. The summed E-state index contributed by atoms with van der Waals surface area (Å²) >= 11 is 12.1. The zero-order valence-electron chi connectivity index (χ0n) is 8.76. The quantitative estimate of drug-likeness (QED) is 0.851. The first-order valence-corrected chi connectivity index (χ1v) is 6.16. The maximum absolute atomic E-state index is 6.19. The van der Waals surface area contributed by atoms with Crippen LogP contribution >= 0.6 is 23.2 Å². The molecule has 0 saturated heterocycles. The number of nitrogens with one attached hydrogen (secondary N) is 1. The molecule has 2 unspecified atom stereocenters. The fraction of sp³-hybridized carbons (Fsp3) is 0.500. The van der Waals surface area contributed by atoms with Crippen LogP contribution in [0.1, 0.15) is 31.2 Å². The van der Waals surface area contributed by atoms with Gasteiger partial charge in [-0.05, 0) is 37.1 Å². The van der Waals surface area contributed by atoms with Crippen molar-refractivity contribution in [2.24, 2.45) is 0 Å². The molecule has 1 nitrogen and oxygen atoms in total. The van der Waals surface area contributed by atoms with E-state index in [-0.39, 0.29) is 0 Å². The normalized spacial score (nSPS) is 25.0. The molecule has 2 rings (SSSR count). The van der Waals surface area contributed by atoms with Gasteiger partial charge in [-0.1, -0.05) is 36.2 Å². The van der Waals surface area contributed by atoms with Crippen LogP contribution in [0.15, 0.2) is 18.2 Å². The van der Waals surface area contributed by atoms with Crippen molar-refractivity contribution in [3.05, 3.63) is 33.8 Å². The molecule has 3 heteroatoms. The molecule has 1 aliphatic carbocycles. The highest BCUT2D eigenvalue weighted by Gasteiger charge is 2.32. The van der Waals surface area contributed by atoms with Gasteiger partial charge in [-0.3, -0.25) is 0 Å². The van der Waals surface area contributed by atoms with Crippen molar-refractivity contribution in [2.45, 2.75) is 31.7 Å². The first kappa shape index (κ1) is 11.3.